The molecule has 0 atom stereocenters. The summed E-state index contributed by atoms with van der Waals surface area (Å²) >= 11 is 0. The Morgan fingerprint density at radius 1 is 1.00 bits per heavy atom. The first-order valence-corrected chi connectivity index (χ1v) is 7.15. The lowest BCUT2D eigenvalue weighted by Crippen LogP contribution is -2.12. The van der Waals surface area contributed by atoms with Gasteiger partial charge in [0.15, 0.2) is 0 Å². The minimum atomic E-state index is 1.12. The number of nitrogens with zero attached hydrogens (tertiary/aromatic N) is 1. The van der Waals surface area contributed by atoms with Crippen LogP contribution in [0.5, 0.6) is 0 Å². The second-order valence-corrected chi connectivity index (χ2v) is 5.45. The summed E-state index contributed by atoms with van der Waals surface area (Å²) in [5.41, 5.74) is 6.31. The van der Waals surface area contributed by atoms with Crippen LogP contribution in [0.3, 0.4) is 0 Å². The Hall–Kier alpha value is -2.54. The summed E-state index contributed by atoms with van der Waals surface area (Å²) in [7, 11) is 0. The molecule has 1 aliphatic rings. The Bertz CT molecular complexity index is 750. The molecule has 0 saturated carbocycles. The number of hydrogen-bond acceptors (Lipinski definition) is 0. The number of allylic oxidation sites excluding steroid dienone is 2. The predicted octanol–water partition coefficient (Wildman–Crippen LogP) is 4.65. The van der Waals surface area contributed by atoms with E-state index < -0.39 is 0 Å². The van der Waals surface area contributed by atoms with E-state index in [1.807, 2.05) is 22.9 Å². The van der Waals surface area contributed by atoms with Crippen molar-refractivity contribution in [3.8, 4) is 11.1 Å². The molecule has 2 aromatic rings. The summed E-state index contributed by atoms with van der Waals surface area (Å²) < 4.78 is 1.90. The first-order chi connectivity index (χ1) is 10.1. The first-order valence-electron chi connectivity index (χ1n) is 7.15. The van der Waals surface area contributed by atoms with E-state index in [9.17, 15) is 0 Å². The standard InChI is InChI=1S/C20H19N/c1-15-10-11-16(2)19(13-15)17-7-6-8-18(14-17)20-9-4-5-12-21(20)3/h4-14H,3H2,1-2H3. The third kappa shape index (κ3) is 2.68. The maximum atomic E-state index is 4.05. The number of benzene rings is 2. The van der Waals surface area contributed by atoms with Crippen LogP contribution in [-0.2, 0) is 0 Å². The van der Waals surface area contributed by atoms with Crippen molar-refractivity contribution in [3.63, 3.8) is 0 Å². The third-order valence-corrected chi connectivity index (χ3v) is 3.80. The molecule has 21 heavy (non-hydrogen) atoms. The van der Waals surface area contributed by atoms with Crippen LogP contribution in [0.4, 0.5) is 0 Å². The van der Waals surface area contributed by atoms with Crippen molar-refractivity contribution < 1.29 is 4.58 Å². The van der Waals surface area contributed by atoms with Crippen LogP contribution in [0.25, 0.3) is 11.1 Å². The molecule has 1 heterocycles. The highest BCUT2D eigenvalue weighted by Gasteiger charge is 2.14. The molecule has 0 aromatic heterocycles. The zero-order chi connectivity index (χ0) is 14.8. The van der Waals surface area contributed by atoms with Gasteiger partial charge in [-0.05, 0) is 42.2 Å². The number of aryl methyl sites for hydroxylation is 2. The van der Waals surface area contributed by atoms with Gasteiger partial charge in [0.2, 0.25) is 0 Å². The molecule has 3 rings (SSSR count). The topological polar surface area (TPSA) is 3.01 Å². The van der Waals surface area contributed by atoms with Gasteiger partial charge >= 0.3 is 0 Å². The lowest BCUT2D eigenvalue weighted by molar-refractivity contribution is -0.417. The van der Waals surface area contributed by atoms with E-state index in [2.05, 4.69) is 69.1 Å². The molecule has 2 aromatic carbocycles. The molecule has 1 nitrogen and oxygen atoms in total. The Kier molecular flexibility index (Phi) is 3.49. The molecule has 1 heteroatoms. The van der Waals surface area contributed by atoms with E-state index in [1.54, 1.807) is 0 Å². The van der Waals surface area contributed by atoms with Gasteiger partial charge in [0.25, 0.3) is 0 Å². The Morgan fingerprint density at radius 3 is 2.67 bits per heavy atom. The van der Waals surface area contributed by atoms with Crippen LogP contribution in [0.2, 0.25) is 0 Å². The van der Waals surface area contributed by atoms with Gasteiger partial charge in [0, 0.05) is 0 Å². The normalized spacial score (nSPS) is 13.8. The molecule has 104 valence electrons. The third-order valence-electron chi connectivity index (χ3n) is 3.80. The van der Waals surface area contributed by atoms with Gasteiger partial charge in [0.05, 0.1) is 6.72 Å². The highest BCUT2D eigenvalue weighted by molar-refractivity contribution is 5.69. The summed E-state index contributed by atoms with van der Waals surface area (Å²) in [5, 5.41) is 0. The molecule has 0 unspecified atom stereocenters. The van der Waals surface area contributed by atoms with Crippen molar-refractivity contribution in [2.24, 2.45) is 0 Å². The van der Waals surface area contributed by atoms with E-state index in [4.69, 9.17) is 0 Å². The van der Waals surface area contributed by atoms with Crippen molar-refractivity contribution >= 4 is 6.72 Å². The van der Waals surface area contributed by atoms with E-state index in [1.165, 1.54) is 27.8 Å². The van der Waals surface area contributed by atoms with Gasteiger partial charge in [0.1, 0.15) is 12.2 Å². The fourth-order valence-corrected chi connectivity index (χ4v) is 2.63. The van der Waals surface area contributed by atoms with Crippen molar-refractivity contribution in [1.82, 2.24) is 0 Å². The van der Waals surface area contributed by atoms with E-state index in [-0.39, 0.29) is 0 Å². The molecule has 0 radical (unpaired) electrons. The average Bonchev–Trinajstić information content (AvgIpc) is 2.50. The molecule has 0 amide bonds. The SMILES string of the molecule is C=[N+]1C=CC=C[C-]1c1cccc(-c2cc(C)ccc2C)c1. The maximum absolute atomic E-state index is 4.05. The molecule has 0 saturated heterocycles. The second-order valence-electron chi connectivity index (χ2n) is 5.45. The number of hydrogen-bond donors (Lipinski definition) is 0. The fraction of sp³-hybridized carbons (Fsp3) is 0.100. The Balaban J connectivity index is 2.04. The fourth-order valence-electron chi connectivity index (χ4n) is 2.63. The van der Waals surface area contributed by atoms with Gasteiger partial charge in [-0.3, -0.25) is 4.58 Å². The summed E-state index contributed by atoms with van der Waals surface area (Å²) in [4.78, 5) is 0. The minimum Gasteiger partial charge on any atom is -0.255 e. The van der Waals surface area contributed by atoms with Crippen molar-refractivity contribution in [1.29, 1.82) is 0 Å². The van der Waals surface area contributed by atoms with Crippen LogP contribution < -0.4 is 0 Å². The average molecular weight is 273 g/mol. The molecule has 0 fully saturated rings. The summed E-state index contributed by atoms with van der Waals surface area (Å²) in [6, 6.07) is 16.3. The second kappa shape index (κ2) is 5.45. The molecule has 0 spiro atoms. The summed E-state index contributed by atoms with van der Waals surface area (Å²) in [6.07, 6.45) is 8.10. The lowest BCUT2D eigenvalue weighted by atomic mass is 9.95. The minimum absolute atomic E-state index is 1.12. The number of rotatable bonds is 2. The van der Waals surface area contributed by atoms with E-state index in [0.29, 0.717) is 0 Å². The highest BCUT2D eigenvalue weighted by Crippen LogP contribution is 2.28. The summed E-state index contributed by atoms with van der Waals surface area (Å²) in [5.74, 6) is 0. The Morgan fingerprint density at radius 2 is 1.86 bits per heavy atom. The van der Waals surface area contributed by atoms with Crippen LogP contribution in [0.15, 0.2) is 66.9 Å². The van der Waals surface area contributed by atoms with E-state index >= 15 is 0 Å². The first kappa shape index (κ1) is 13.4. The largest absolute Gasteiger partial charge is 0.255 e. The molecule has 0 bridgehead atoms. The van der Waals surface area contributed by atoms with E-state index in [0.717, 1.165) is 6.04 Å². The highest BCUT2D eigenvalue weighted by atomic mass is 15.0. The Labute approximate surface area is 126 Å². The molecule has 0 aliphatic carbocycles. The zero-order valence-electron chi connectivity index (χ0n) is 12.5. The molecule has 0 N–H and O–H groups in total. The van der Waals surface area contributed by atoms with Gasteiger partial charge < -0.3 is 0 Å². The van der Waals surface area contributed by atoms with Gasteiger partial charge in [-0.2, -0.15) is 0 Å². The van der Waals surface area contributed by atoms with Crippen LogP contribution in [0, 0.1) is 19.9 Å². The van der Waals surface area contributed by atoms with Gasteiger partial charge in [-0.25, -0.2) is 0 Å². The van der Waals surface area contributed by atoms with Crippen LogP contribution >= 0.6 is 0 Å². The maximum Gasteiger partial charge on any atom is 0.146 e. The van der Waals surface area contributed by atoms with Crippen LogP contribution in [-0.4, -0.2) is 11.3 Å². The van der Waals surface area contributed by atoms with Gasteiger partial charge in [-0.1, -0.05) is 48.0 Å². The van der Waals surface area contributed by atoms with Crippen molar-refractivity contribution in [2.45, 2.75) is 13.8 Å². The smallest absolute Gasteiger partial charge is 0.146 e. The predicted molar refractivity (Wildman–Crippen MR) is 89.4 cm³/mol. The summed E-state index contributed by atoms with van der Waals surface area (Å²) in [6.45, 7) is 8.34. The monoisotopic (exact) mass is 273 g/mol. The molecular weight excluding hydrogens is 254 g/mol. The molecule has 1 aliphatic heterocycles. The van der Waals surface area contributed by atoms with Crippen molar-refractivity contribution in [3.05, 3.63) is 89.6 Å². The lowest BCUT2D eigenvalue weighted by Gasteiger charge is -2.18. The van der Waals surface area contributed by atoms with Gasteiger partial charge in [-0.15, -0.1) is 12.1 Å². The van der Waals surface area contributed by atoms with Crippen molar-refractivity contribution in [2.75, 3.05) is 0 Å². The molecular formula is C20H19N. The van der Waals surface area contributed by atoms with Crippen LogP contribution in [0.1, 0.15) is 16.7 Å². The zero-order valence-corrected chi connectivity index (χ0v) is 12.5. The quantitative estimate of drug-likeness (QED) is 0.553.